The molecule has 2 rings (SSSR count). The van der Waals surface area contributed by atoms with Crippen molar-refractivity contribution in [2.75, 3.05) is 19.4 Å². The molecule has 0 atom stereocenters. The minimum absolute atomic E-state index is 0.101. The van der Waals surface area contributed by atoms with Gasteiger partial charge in [-0.3, -0.25) is 4.79 Å². The maximum atomic E-state index is 12.6. The number of anilines is 1. The molecule has 0 aliphatic rings. The molecular formula is C18H22N2O3S. The van der Waals surface area contributed by atoms with E-state index in [-0.39, 0.29) is 10.8 Å². The molecule has 0 aliphatic carbocycles. The van der Waals surface area contributed by atoms with E-state index in [1.807, 2.05) is 32.0 Å². The lowest BCUT2D eigenvalue weighted by molar-refractivity contribution is 0.102. The van der Waals surface area contributed by atoms with Crippen LogP contribution in [0, 0.1) is 20.8 Å². The van der Waals surface area contributed by atoms with Gasteiger partial charge in [0.2, 0.25) is 10.0 Å². The lowest BCUT2D eigenvalue weighted by Crippen LogP contribution is -2.23. The van der Waals surface area contributed by atoms with Gasteiger partial charge in [-0.2, -0.15) is 0 Å². The van der Waals surface area contributed by atoms with Crippen LogP contribution in [0.25, 0.3) is 0 Å². The van der Waals surface area contributed by atoms with Gasteiger partial charge in [0.25, 0.3) is 5.91 Å². The zero-order valence-corrected chi connectivity index (χ0v) is 15.4. The molecule has 24 heavy (non-hydrogen) atoms. The zero-order valence-electron chi connectivity index (χ0n) is 14.5. The Labute approximate surface area is 143 Å². The quantitative estimate of drug-likeness (QED) is 0.925. The minimum Gasteiger partial charge on any atom is -0.322 e. The number of amides is 1. The smallest absolute Gasteiger partial charge is 0.255 e. The predicted molar refractivity (Wildman–Crippen MR) is 95.9 cm³/mol. The van der Waals surface area contributed by atoms with E-state index >= 15 is 0 Å². The van der Waals surface area contributed by atoms with E-state index in [0.29, 0.717) is 11.3 Å². The van der Waals surface area contributed by atoms with Crippen LogP contribution in [0.4, 0.5) is 5.69 Å². The molecule has 0 saturated heterocycles. The highest BCUT2D eigenvalue weighted by atomic mass is 32.2. The summed E-state index contributed by atoms with van der Waals surface area (Å²) in [4.78, 5) is 12.7. The lowest BCUT2D eigenvalue weighted by atomic mass is 10.1. The second-order valence-corrected chi connectivity index (χ2v) is 8.25. The molecule has 0 spiro atoms. The Balaban J connectivity index is 2.39. The van der Waals surface area contributed by atoms with Crippen molar-refractivity contribution < 1.29 is 13.2 Å². The molecule has 1 N–H and O–H groups in total. The molecule has 6 heteroatoms. The van der Waals surface area contributed by atoms with Gasteiger partial charge in [-0.1, -0.05) is 12.1 Å². The number of carbonyl (C=O) groups excluding carboxylic acids is 1. The molecule has 0 aromatic heterocycles. The Kier molecular flexibility index (Phi) is 5.11. The van der Waals surface area contributed by atoms with E-state index in [9.17, 15) is 13.2 Å². The minimum atomic E-state index is -3.58. The Hall–Kier alpha value is -2.18. The first kappa shape index (κ1) is 18.2. The van der Waals surface area contributed by atoms with Gasteiger partial charge in [0.1, 0.15) is 0 Å². The molecule has 2 aromatic rings. The average molecular weight is 346 g/mol. The molecule has 1 amide bonds. The normalized spacial score (nSPS) is 11.6. The lowest BCUT2D eigenvalue weighted by Gasteiger charge is -2.14. The molecule has 2 aromatic carbocycles. The topological polar surface area (TPSA) is 66.5 Å². The summed E-state index contributed by atoms with van der Waals surface area (Å²) in [5.74, 6) is -0.326. The maximum absolute atomic E-state index is 12.6. The third kappa shape index (κ3) is 3.83. The van der Waals surface area contributed by atoms with E-state index in [4.69, 9.17) is 0 Å². The monoisotopic (exact) mass is 346 g/mol. The van der Waals surface area contributed by atoms with Gasteiger partial charge < -0.3 is 5.32 Å². The molecule has 0 aliphatic heterocycles. The van der Waals surface area contributed by atoms with Crippen LogP contribution in [-0.4, -0.2) is 32.7 Å². The maximum Gasteiger partial charge on any atom is 0.255 e. The van der Waals surface area contributed by atoms with Crippen LogP contribution in [-0.2, 0) is 10.0 Å². The number of sulfonamides is 1. The molecule has 0 heterocycles. The summed E-state index contributed by atoms with van der Waals surface area (Å²) in [5, 5.41) is 2.84. The first-order chi connectivity index (χ1) is 11.1. The van der Waals surface area contributed by atoms with Crippen LogP contribution in [0.1, 0.15) is 27.0 Å². The molecule has 0 radical (unpaired) electrons. The summed E-state index contributed by atoms with van der Waals surface area (Å²) >= 11 is 0. The van der Waals surface area contributed by atoms with E-state index in [1.54, 1.807) is 13.0 Å². The Morgan fingerprint density at radius 1 is 0.958 bits per heavy atom. The van der Waals surface area contributed by atoms with Crippen LogP contribution in [0.5, 0.6) is 0 Å². The number of benzene rings is 2. The fourth-order valence-electron chi connectivity index (χ4n) is 2.46. The summed E-state index contributed by atoms with van der Waals surface area (Å²) in [6.07, 6.45) is 0. The average Bonchev–Trinajstić information content (AvgIpc) is 2.45. The summed E-state index contributed by atoms with van der Waals surface area (Å²) in [6, 6.07) is 10.3. The zero-order chi connectivity index (χ0) is 18.1. The molecule has 0 bridgehead atoms. The van der Waals surface area contributed by atoms with Gasteiger partial charge >= 0.3 is 0 Å². The van der Waals surface area contributed by atoms with Crippen molar-refractivity contribution in [3.05, 3.63) is 58.7 Å². The summed E-state index contributed by atoms with van der Waals surface area (Å²) in [6.45, 7) is 5.69. The van der Waals surface area contributed by atoms with Crippen molar-refractivity contribution in [3.8, 4) is 0 Å². The van der Waals surface area contributed by atoms with Crippen LogP contribution < -0.4 is 5.32 Å². The molecule has 0 fully saturated rings. The van der Waals surface area contributed by atoms with Crippen LogP contribution in [0.3, 0.4) is 0 Å². The van der Waals surface area contributed by atoms with Crippen molar-refractivity contribution in [1.82, 2.24) is 4.31 Å². The Morgan fingerprint density at radius 3 is 2.08 bits per heavy atom. The van der Waals surface area contributed by atoms with Crippen LogP contribution in [0.2, 0.25) is 0 Å². The van der Waals surface area contributed by atoms with Crippen molar-refractivity contribution in [2.45, 2.75) is 25.7 Å². The van der Waals surface area contributed by atoms with E-state index in [0.717, 1.165) is 21.0 Å². The molecule has 0 unspecified atom stereocenters. The van der Waals surface area contributed by atoms with Gasteiger partial charge in [-0.05, 0) is 61.7 Å². The van der Waals surface area contributed by atoms with Gasteiger partial charge in [0.15, 0.2) is 0 Å². The molecule has 0 saturated carbocycles. The van der Waals surface area contributed by atoms with Crippen molar-refractivity contribution in [2.24, 2.45) is 0 Å². The fourth-order valence-corrected chi connectivity index (χ4v) is 3.39. The number of hydrogen-bond donors (Lipinski definition) is 1. The van der Waals surface area contributed by atoms with Crippen molar-refractivity contribution in [1.29, 1.82) is 0 Å². The predicted octanol–water partition coefficient (Wildman–Crippen LogP) is 3.11. The Bertz CT molecular complexity index is 867. The number of nitrogens with one attached hydrogen (secondary N) is 1. The van der Waals surface area contributed by atoms with Gasteiger partial charge in [-0.25, -0.2) is 12.7 Å². The molecular weight excluding hydrogens is 324 g/mol. The van der Waals surface area contributed by atoms with E-state index in [1.165, 1.54) is 26.2 Å². The van der Waals surface area contributed by atoms with E-state index < -0.39 is 10.0 Å². The summed E-state index contributed by atoms with van der Waals surface area (Å²) in [7, 11) is -0.657. The first-order valence-electron chi connectivity index (χ1n) is 7.54. The number of rotatable bonds is 4. The van der Waals surface area contributed by atoms with Gasteiger partial charge in [0.05, 0.1) is 4.90 Å². The second-order valence-electron chi connectivity index (χ2n) is 6.09. The standard InChI is InChI=1S/C18H22N2O3S/c1-12-8-13(2)10-15(9-12)19-18(21)17-11-16(7-6-14(17)3)24(22,23)20(4)5/h6-11H,1-5H3,(H,19,21). The highest BCUT2D eigenvalue weighted by Crippen LogP contribution is 2.20. The van der Waals surface area contributed by atoms with Crippen molar-refractivity contribution >= 4 is 21.6 Å². The van der Waals surface area contributed by atoms with Crippen molar-refractivity contribution in [3.63, 3.8) is 0 Å². The number of aryl methyl sites for hydroxylation is 3. The highest BCUT2D eigenvalue weighted by molar-refractivity contribution is 7.89. The third-order valence-corrected chi connectivity index (χ3v) is 5.52. The molecule has 128 valence electrons. The number of nitrogens with zero attached hydrogens (tertiary/aromatic N) is 1. The Morgan fingerprint density at radius 2 is 1.54 bits per heavy atom. The van der Waals surface area contributed by atoms with Crippen LogP contribution >= 0.6 is 0 Å². The second kappa shape index (κ2) is 6.75. The van der Waals surface area contributed by atoms with Crippen LogP contribution in [0.15, 0.2) is 41.3 Å². The third-order valence-electron chi connectivity index (χ3n) is 3.71. The summed E-state index contributed by atoms with van der Waals surface area (Å²) < 4.78 is 25.6. The fraction of sp³-hybridized carbons (Fsp3) is 0.278. The molecule has 5 nitrogen and oxygen atoms in total. The highest BCUT2D eigenvalue weighted by Gasteiger charge is 2.20. The summed E-state index contributed by atoms with van der Waals surface area (Å²) in [5.41, 5.74) is 3.85. The number of hydrogen-bond acceptors (Lipinski definition) is 3. The number of carbonyl (C=O) groups is 1. The SMILES string of the molecule is Cc1cc(C)cc(NC(=O)c2cc(S(=O)(=O)N(C)C)ccc2C)c1. The van der Waals surface area contributed by atoms with E-state index in [2.05, 4.69) is 5.32 Å². The van der Waals surface area contributed by atoms with Gasteiger partial charge in [-0.15, -0.1) is 0 Å². The first-order valence-corrected chi connectivity index (χ1v) is 8.98. The largest absolute Gasteiger partial charge is 0.322 e. The van der Waals surface area contributed by atoms with Gasteiger partial charge in [0, 0.05) is 25.3 Å².